The number of carbonyl (C=O) groups is 1. The molecule has 4 rings (SSSR count). The molecule has 0 radical (unpaired) electrons. The second-order valence-corrected chi connectivity index (χ2v) is 14.3. The molecular weight excluding hydrogens is 396 g/mol. The van der Waals surface area contributed by atoms with Crippen LogP contribution in [0.25, 0.3) is 10.1 Å². The van der Waals surface area contributed by atoms with E-state index >= 15 is 0 Å². The van der Waals surface area contributed by atoms with Crippen molar-refractivity contribution in [1.82, 2.24) is 4.90 Å². The minimum absolute atomic E-state index is 0.163. The summed E-state index contributed by atoms with van der Waals surface area (Å²) < 4.78 is 1.10. The predicted octanol–water partition coefficient (Wildman–Crippen LogP) is 3.92. The van der Waals surface area contributed by atoms with Crippen molar-refractivity contribution in [2.45, 2.75) is 51.6 Å². The smallest absolute Gasteiger partial charge is 0.263 e. The van der Waals surface area contributed by atoms with Crippen LogP contribution in [0.5, 0.6) is 0 Å². The van der Waals surface area contributed by atoms with Crippen LogP contribution in [0, 0.1) is 17.8 Å². The molecule has 1 saturated heterocycles. The standard InChI is InChI=1S/C23H34N2O2SSi/c1-29(2,27)22-8-4-7-20-19(22)14-21(28-20)23(26)25-11-9-17(10-12-25)18-6-3-5-16(13-18)15-24/h4,7-8,14,16-18,27H,3,5-6,9-13,15,24H2,1-2H3. The van der Waals surface area contributed by atoms with E-state index in [0.29, 0.717) is 5.92 Å². The molecule has 0 spiro atoms. The Morgan fingerprint density at radius 2 is 1.97 bits per heavy atom. The molecule has 1 amide bonds. The van der Waals surface area contributed by atoms with Gasteiger partial charge in [-0.25, -0.2) is 0 Å². The fraction of sp³-hybridized carbons (Fsp3) is 0.609. The number of fused-ring (bicyclic) bond motifs is 1. The molecule has 158 valence electrons. The van der Waals surface area contributed by atoms with Gasteiger partial charge in [-0.1, -0.05) is 25.0 Å². The molecule has 2 unspecified atom stereocenters. The molecule has 2 fully saturated rings. The number of carbonyl (C=O) groups excluding carboxylic acids is 1. The Kier molecular flexibility index (Phi) is 6.16. The van der Waals surface area contributed by atoms with Gasteiger partial charge in [0.1, 0.15) is 0 Å². The van der Waals surface area contributed by atoms with Gasteiger partial charge in [0.05, 0.1) is 4.88 Å². The van der Waals surface area contributed by atoms with Crippen molar-refractivity contribution in [3.63, 3.8) is 0 Å². The summed E-state index contributed by atoms with van der Waals surface area (Å²) in [5, 5.41) is 2.08. The Bertz CT molecular complexity index is 867. The van der Waals surface area contributed by atoms with Crippen LogP contribution in [-0.2, 0) is 0 Å². The maximum Gasteiger partial charge on any atom is 0.263 e. The summed E-state index contributed by atoms with van der Waals surface area (Å²) in [5.74, 6) is 2.43. The molecule has 2 aliphatic rings. The largest absolute Gasteiger partial charge is 0.428 e. The number of amides is 1. The number of rotatable bonds is 4. The van der Waals surface area contributed by atoms with E-state index in [2.05, 4.69) is 6.07 Å². The molecule has 1 aromatic carbocycles. The lowest BCUT2D eigenvalue weighted by Crippen LogP contribution is -2.41. The first-order chi connectivity index (χ1) is 13.9. The van der Waals surface area contributed by atoms with Crippen molar-refractivity contribution in [2.75, 3.05) is 19.6 Å². The first kappa shape index (κ1) is 21.0. The van der Waals surface area contributed by atoms with Gasteiger partial charge < -0.3 is 15.4 Å². The molecule has 2 atom stereocenters. The fourth-order valence-corrected chi connectivity index (χ4v) is 7.92. The third-order valence-electron chi connectivity index (χ3n) is 7.08. The van der Waals surface area contributed by atoms with E-state index in [0.717, 1.165) is 64.5 Å². The minimum atomic E-state index is -2.42. The van der Waals surface area contributed by atoms with Gasteiger partial charge in [0.2, 0.25) is 8.32 Å². The number of nitrogens with two attached hydrogens (primary N) is 1. The Hall–Kier alpha value is -1.21. The number of hydrogen-bond acceptors (Lipinski definition) is 4. The molecule has 2 aromatic rings. The summed E-state index contributed by atoms with van der Waals surface area (Å²) in [5.41, 5.74) is 5.93. The molecular formula is C23H34N2O2SSi. The van der Waals surface area contributed by atoms with Crippen LogP contribution in [0.2, 0.25) is 13.1 Å². The Balaban J connectivity index is 1.43. The highest BCUT2D eigenvalue weighted by molar-refractivity contribution is 7.21. The molecule has 1 aromatic heterocycles. The Labute approximate surface area is 179 Å². The maximum atomic E-state index is 13.2. The number of hydrogen-bond donors (Lipinski definition) is 2. The Morgan fingerprint density at radius 1 is 1.21 bits per heavy atom. The summed E-state index contributed by atoms with van der Waals surface area (Å²) in [6.07, 6.45) is 7.50. The zero-order valence-electron chi connectivity index (χ0n) is 17.7. The van der Waals surface area contributed by atoms with Gasteiger partial charge in [0.15, 0.2) is 0 Å². The van der Waals surface area contributed by atoms with Gasteiger partial charge in [-0.15, -0.1) is 11.3 Å². The zero-order chi connectivity index (χ0) is 20.6. The van der Waals surface area contributed by atoms with Crippen LogP contribution in [-0.4, -0.2) is 43.6 Å². The summed E-state index contributed by atoms with van der Waals surface area (Å²) in [4.78, 5) is 26.7. The molecule has 4 nitrogen and oxygen atoms in total. The Morgan fingerprint density at radius 3 is 2.66 bits per heavy atom. The molecule has 0 bridgehead atoms. The van der Waals surface area contributed by atoms with Gasteiger partial charge in [-0.05, 0) is 85.8 Å². The third kappa shape index (κ3) is 4.45. The summed E-state index contributed by atoms with van der Waals surface area (Å²) >= 11 is 1.57. The number of likely N-dealkylation sites (tertiary alicyclic amines) is 1. The molecule has 6 heteroatoms. The monoisotopic (exact) mass is 430 g/mol. The van der Waals surface area contributed by atoms with E-state index in [1.807, 2.05) is 36.2 Å². The molecule has 29 heavy (non-hydrogen) atoms. The molecule has 1 saturated carbocycles. The van der Waals surface area contributed by atoms with Crippen molar-refractivity contribution in [3.8, 4) is 0 Å². The van der Waals surface area contributed by atoms with Crippen LogP contribution >= 0.6 is 11.3 Å². The van der Waals surface area contributed by atoms with E-state index in [1.165, 1.54) is 25.7 Å². The second-order valence-electron chi connectivity index (χ2n) is 9.55. The maximum absolute atomic E-state index is 13.2. The average molecular weight is 431 g/mol. The van der Waals surface area contributed by atoms with Gasteiger partial charge in [0, 0.05) is 17.8 Å². The van der Waals surface area contributed by atoms with Crippen molar-refractivity contribution < 1.29 is 9.59 Å². The molecule has 1 aliphatic heterocycles. The van der Waals surface area contributed by atoms with E-state index in [-0.39, 0.29) is 5.91 Å². The topological polar surface area (TPSA) is 66.6 Å². The molecule has 3 N–H and O–H groups in total. The number of piperidine rings is 1. The van der Waals surface area contributed by atoms with E-state index in [9.17, 15) is 9.59 Å². The fourth-order valence-electron chi connectivity index (χ4n) is 5.40. The lowest BCUT2D eigenvalue weighted by Gasteiger charge is -2.39. The van der Waals surface area contributed by atoms with Crippen molar-refractivity contribution >= 4 is 40.8 Å². The van der Waals surface area contributed by atoms with Gasteiger partial charge in [-0.2, -0.15) is 0 Å². The number of thiophene rings is 1. The summed E-state index contributed by atoms with van der Waals surface area (Å²) in [7, 11) is -2.42. The summed E-state index contributed by atoms with van der Waals surface area (Å²) in [6.45, 7) is 6.44. The number of nitrogens with zero attached hydrogens (tertiary/aromatic N) is 1. The third-order valence-corrected chi connectivity index (χ3v) is 9.92. The predicted molar refractivity (Wildman–Crippen MR) is 124 cm³/mol. The van der Waals surface area contributed by atoms with E-state index in [1.54, 1.807) is 11.3 Å². The highest BCUT2D eigenvalue weighted by Crippen LogP contribution is 2.38. The SMILES string of the molecule is C[Si](C)(O)c1cccc2sc(C(=O)N3CCC(C4CCCC(CN)C4)CC3)cc12. The molecule has 1 aliphatic carbocycles. The van der Waals surface area contributed by atoms with Crippen LogP contribution in [0.15, 0.2) is 24.3 Å². The van der Waals surface area contributed by atoms with Crippen LogP contribution in [0.4, 0.5) is 0 Å². The first-order valence-electron chi connectivity index (χ1n) is 11.1. The minimum Gasteiger partial charge on any atom is -0.428 e. The van der Waals surface area contributed by atoms with Gasteiger partial charge in [-0.3, -0.25) is 4.79 Å². The van der Waals surface area contributed by atoms with Crippen LogP contribution in [0.3, 0.4) is 0 Å². The molecule has 2 heterocycles. The lowest BCUT2D eigenvalue weighted by molar-refractivity contribution is 0.0626. The normalized spacial score (nSPS) is 24.2. The van der Waals surface area contributed by atoms with Crippen LogP contribution < -0.4 is 10.9 Å². The van der Waals surface area contributed by atoms with Gasteiger partial charge >= 0.3 is 0 Å². The van der Waals surface area contributed by atoms with Crippen LogP contribution in [0.1, 0.15) is 48.2 Å². The van der Waals surface area contributed by atoms with Crippen molar-refractivity contribution in [3.05, 3.63) is 29.1 Å². The van der Waals surface area contributed by atoms with Crippen molar-refractivity contribution in [1.29, 1.82) is 0 Å². The zero-order valence-corrected chi connectivity index (χ0v) is 19.5. The highest BCUT2D eigenvalue weighted by atomic mass is 32.1. The lowest BCUT2D eigenvalue weighted by atomic mass is 9.72. The quantitative estimate of drug-likeness (QED) is 0.723. The number of benzene rings is 1. The first-order valence-corrected chi connectivity index (χ1v) is 14.9. The second kappa shape index (κ2) is 8.50. The van der Waals surface area contributed by atoms with E-state index in [4.69, 9.17) is 5.73 Å². The van der Waals surface area contributed by atoms with E-state index < -0.39 is 8.32 Å². The average Bonchev–Trinajstić information content (AvgIpc) is 3.17. The van der Waals surface area contributed by atoms with Gasteiger partial charge in [0.25, 0.3) is 5.91 Å². The summed E-state index contributed by atoms with van der Waals surface area (Å²) in [6, 6.07) is 8.09. The van der Waals surface area contributed by atoms with Crippen molar-refractivity contribution in [2.24, 2.45) is 23.5 Å². The highest BCUT2D eigenvalue weighted by Gasteiger charge is 2.32.